The zero-order valence-electron chi connectivity index (χ0n) is 10.5. The summed E-state index contributed by atoms with van der Waals surface area (Å²) >= 11 is 0. The summed E-state index contributed by atoms with van der Waals surface area (Å²) in [5, 5.41) is 8.39. The van der Waals surface area contributed by atoms with Crippen LogP contribution < -0.4 is 0 Å². The van der Waals surface area contributed by atoms with Gasteiger partial charge in [0.2, 0.25) is 0 Å². The number of aromatic nitrogens is 2. The quantitative estimate of drug-likeness (QED) is 0.863. The van der Waals surface area contributed by atoms with Crippen LogP contribution in [0.15, 0.2) is 12.5 Å². The Hall–Kier alpha value is -1.50. The molecular formula is C11H16N2O4S. The molecule has 1 heterocycles. The van der Waals surface area contributed by atoms with Gasteiger partial charge in [0.15, 0.2) is 9.84 Å². The van der Waals surface area contributed by atoms with Crippen LogP contribution in [0.5, 0.6) is 0 Å². The van der Waals surface area contributed by atoms with E-state index in [-0.39, 0.29) is 22.9 Å². The largest absolute Gasteiger partial charge is 0.478 e. The third-order valence-electron chi connectivity index (χ3n) is 2.87. The lowest BCUT2D eigenvalue weighted by atomic mass is 10.2. The molecule has 0 saturated heterocycles. The first-order chi connectivity index (χ1) is 8.25. The van der Waals surface area contributed by atoms with E-state index in [1.54, 1.807) is 20.8 Å². The number of hydrogen-bond acceptors (Lipinski definition) is 5. The normalized spacial score (nSPS) is 13.6. The maximum absolute atomic E-state index is 12.1. The van der Waals surface area contributed by atoms with E-state index in [1.165, 1.54) is 0 Å². The van der Waals surface area contributed by atoms with Gasteiger partial charge < -0.3 is 5.11 Å². The van der Waals surface area contributed by atoms with Crippen molar-refractivity contribution < 1.29 is 18.3 Å². The Balaban J connectivity index is 3.09. The number of aromatic carboxylic acids is 1. The molecule has 1 unspecified atom stereocenters. The van der Waals surface area contributed by atoms with Crippen LogP contribution in [-0.4, -0.2) is 34.7 Å². The lowest BCUT2D eigenvalue weighted by Crippen LogP contribution is -2.26. The van der Waals surface area contributed by atoms with Crippen LogP contribution >= 0.6 is 0 Å². The number of rotatable bonds is 5. The van der Waals surface area contributed by atoms with Crippen LogP contribution in [0, 0.1) is 5.92 Å². The van der Waals surface area contributed by atoms with E-state index in [0.717, 1.165) is 12.5 Å². The van der Waals surface area contributed by atoms with Crippen molar-refractivity contribution in [3.05, 3.63) is 23.8 Å². The van der Waals surface area contributed by atoms with E-state index >= 15 is 0 Å². The van der Waals surface area contributed by atoms with Crippen molar-refractivity contribution in [3.8, 4) is 0 Å². The van der Waals surface area contributed by atoms with E-state index < -0.39 is 21.1 Å². The monoisotopic (exact) mass is 272 g/mol. The zero-order valence-corrected chi connectivity index (χ0v) is 11.3. The van der Waals surface area contributed by atoms with Gasteiger partial charge in [-0.2, -0.15) is 0 Å². The topological polar surface area (TPSA) is 97.2 Å². The molecule has 1 aromatic rings. The molecule has 6 nitrogen and oxygen atoms in total. The number of carboxylic acids is 1. The van der Waals surface area contributed by atoms with Gasteiger partial charge in [-0.25, -0.2) is 23.2 Å². The molecule has 1 atom stereocenters. The first kappa shape index (κ1) is 14.6. The van der Waals surface area contributed by atoms with Gasteiger partial charge in [-0.05, 0) is 12.8 Å². The van der Waals surface area contributed by atoms with Crippen molar-refractivity contribution in [1.29, 1.82) is 0 Å². The molecule has 0 bridgehead atoms. The highest BCUT2D eigenvalue weighted by Crippen LogP contribution is 2.17. The highest BCUT2D eigenvalue weighted by molar-refractivity contribution is 7.91. The number of carboxylic acid groups (broad SMARTS) is 1. The summed E-state index contributed by atoms with van der Waals surface area (Å²) in [6.07, 6.45) is 2.26. The van der Waals surface area contributed by atoms with Gasteiger partial charge in [0.25, 0.3) is 0 Å². The number of carbonyl (C=O) groups is 1. The van der Waals surface area contributed by atoms with Crippen LogP contribution in [0.2, 0.25) is 0 Å². The first-order valence-corrected chi connectivity index (χ1v) is 7.21. The molecule has 0 saturated carbocycles. The van der Waals surface area contributed by atoms with E-state index in [0.29, 0.717) is 0 Å². The highest BCUT2D eigenvalue weighted by atomic mass is 32.2. The van der Waals surface area contributed by atoms with Gasteiger partial charge in [0.05, 0.1) is 16.7 Å². The molecule has 0 aliphatic rings. The van der Waals surface area contributed by atoms with Gasteiger partial charge in [0, 0.05) is 6.20 Å². The SMILES string of the molecule is CC(C)C(C)S(=O)(=O)Cc1ncncc1C(=O)O. The summed E-state index contributed by atoms with van der Waals surface area (Å²) in [4.78, 5) is 18.3. The summed E-state index contributed by atoms with van der Waals surface area (Å²) in [6.45, 7) is 5.22. The standard InChI is InChI=1S/C11H16N2O4S/c1-7(2)8(3)18(16,17)5-10-9(11(14)15)4-12-6-13-10/h4,6-8H,5H2,1-3H3,(H,14,15). The Labute approximate surface area is 106 Å². The van der Waals surface area contributed by atoms with Gasteiger partial charge in [-0.1, -0.05) is 13.8 Å². The van der Waals surface area contributed by atoms with Crippen molar-refractivity contribution in [3.63, 3.8) is 0 Å². The maximum Gasteiger partial charge on any atom is 0.339 e. The Morgan fingerprint density at radius 2 is 2.00 bits per heavy atom. The second-order valence-corrected chi connectivity index (χ2v) is 6.80. The fourth-order valence-corrected chi connectivity index (χ4v) is 3.09. The molecule has 1 rings (SSSR count). The van der Waals surface area contributed by atoms with Crippen molar-refractivity contribution in [2.24, 2.45) is 5.92 Å². The number of sulfone groups is 1. The Morgan fingerprint density at radius 3 is 2.50 bits per heavy atom. The molecule has 1 aromatic heterocycles. The van der Waals surface area contributed by atoms with Gasteiger partial charge in [-0.15, -0.1) is 0 Å². The Morgan fingerprint density at radius 1 is 1.39 bits per heavy atom. The third-order valence-corrected chi connectivity index (χ3v) is 5.22. The minimum Gasteiger partial charge on any atom is -0.478 e. The van der Waals surface area contributed by atoms with Gasteiger partial charge in [0.1, 0.15) is 11.9 Å². The fraction of sp³-hybridized carbons (Fsp3) is 0.545. The lowest BCUT2D eigenvalue weighted by Gasteiger charge is -2.16. The molecule has 0 radical (unpaired) electrons. The molecule has 0 spiro atoms. The summed E-state index contributed by atoms with van der Waals surface area (Å²) in [7, 11) is -3.42. The molecule has 18 heavy (non-hydrogen) atoms. The van der Waals surface area contributed by atoms with Crippen LogP contribution in [0.4, 0.5) is 0 Å². The van der Waals surface area contributed by atoms with Crippen LogP contribution in [0.1, 0.15) is 36.8 Å². The Kier molecular flexibility index (Phi) is 4.39. The summed E-state index contributed by atoms with van der Waals surface area (Å²) in [6, 6.07) is 0. The zero-order chi connectivity index (χ0) is 13.9. The van der Waals surface area contributed by atoms with Crippen molar-refractivity contribution in [1.82, 2.24) is 9.97 Å². The smallest absolute Gasteiger partial charge is 0.339 e. The van der Waals surface area contributed by atoms with Crippen molar-refractivity contribution >= 4 is 15.8 Å². The molecule has 0 aliphatic heterocycles. The minimum atomic E-state index is -3.42. The average molecular weight is 272 g/mol. The van der Waals surface area contributed by atoms with Crippen LogP contribution in [-0.2, 0) is 15.6 Å². The molecule has 0 aromatic carbocycles. The fourth-order valence-electron chi connectivity index (χ4n) is 1.39. The van der Waals surface area contributed by atoms with E-state index in [1.807, 2.05) is 0 Å². The number of hydrogen-bond donors (Lipinski definition) is 1. The second kappa shape index (κ2) is 5.43. The van der Waals surface area contributed by atoms with E-state index in [2.05, 4.69) is 9.97 Å². The van der Waals surface area contributed by atoms with Crippen LogP contribution in [0.3, 0.4) is 0 Å². The molecule has 1 N–H and O–H groups in total. The first-order valence-electron chi connectivity index (χ1n) is 5.49. The molecule has 0 fully saturated rings. The molecule has 7 heteroatoms. The van der Waals surface area contributed by atoms with Crippen molar-refractivity contribution in [2.75, 3.05) is 0 Å². The van der Waals surface area contributed by atoms with Crippen molar-refractivity contribution in [2.45, 2.75) is 31.8 Å². The molecule has 0 aliphatic carbocycles. The highest BCUT2D eigenvalue weighted by Gasteiger charge is 2.26. The van der Waals surface area contributed by atoms with Crippen LogP contribution in [0.25, 0.3) is 0 Å². The predicted molar refractivity (Wildman–Crippen MR) is 65.9 cm³/mol. The van der Waals surface area contributed by atoms with E-state index in [4.69, 9.17) is 5.11 Å². The summed E-state index contributed by atoms with van der Waals surface area (Å²) < 4.78 is 24.1. The van der Waals surface area contributed by atoms with Gasteiger partial charge >= 0.3 is 5.97 Å². The molecular weight excluding hydrogens is 256 g/mol. The Bertz CT molecular complexity index is 540. The lowest BCUT2D eigenvalue weighted by molar-refractivity contribution is 0.0695. The third kappa shape index (κ3) is 3.25. The summed E-state index contributed by atoms with van der Waals surface area (Å²) in [5.74, 6) is -1.64. The average Bonchev–Trinajstić information content (AvgIpc) is 2.27. The predicted octanol–water partition coefficient (Wildman–Crippen LogP) is 1.13. The summed E-state index contributed by atoms with van der Waals surface area (Å²) in [5.41, 5.74) is -0.137. The van der Waals surface area contributed by atoms with E-state index in [9.17, 15) is 13.2 Å². The maximum atomic E-state index is 12.1. The molecule has 0 amide bonds. The van der Waals surface area contributed by atoms with Gasteiger partial charge in [-0.3, -0.25) is 0 Å². The number of nitrogens with zero attached hydrogens (tertiary/aromatic N) is 2. The second-order valence-electron chi connectivity index (χ2n) is 4.44. The molecule has 100 valence electrons. The minimum absolute atomic E-state index is 0.0324.